The van der Waals surface area contributed by atoms with Crippen molar-refractivity contribution in [3.63, 3.8) is 0 Å². The van der Waals surface area contributed by atoms with E-state index in [0.29, 0.717) is 10.6 Å². The summed E-state index contributed by atoms with van der Waals surface area (Å²) in [6.45, 7) is 0.0680. The molecule has 1 aromatic heterocycles. The number of nitrogens with zero attached hydrogens (tertiary/aromatic N) is 1. The molecule has 1 aromatic carbocycles. The van der Waals surface area contributed by atoms with E-state index in [0.717, 1.165) is 6.07 Å². The predicted octanol–water partition coefficient (Wildman–Crippen LogP) is 2.62. The van der Waals surface area contributed by atoms with Gasteiger partial charge in [-0.25, -0.2) is 0 Å². The molecule has 2 rings (SSSR count). The highest BCUT2D eigenvalue weighted by Crippen LogP contribution is 2.15. The molecule has 0 aliphatic carbocycles. The summed E-state index contributed by atoms with van der Waals surface area (Å²) >= 11 is 5.93. The Morgan fingerprint density at radius 3 is 2.76 bits per heavy atom. The molecule has 0 saturated carbocycles. The van der Waals surface area contributed by atoms with Crippen molar-refractivity contribution in [1.29, 1.82) is 0 Å². The second kappa shape index (κ2) is 6.59. The Labute approximate surface area is 124 Å². The summed E-state index contributed by atoms with van der Waals surface area (Å²) in [7, 11) is 0. The third-order valence-electron chi connectivity index (χ3n) is 2.43. The van der Waals surface area contributed by atoms with E-state index in [4.69, 9.17) is 16.0 Å². The highest BCUT2D eigenvalue weighted by Gasteiger charge is 2.16. The normalized spacial score (nSPS) is 9.57. The van der Waals surface area contributed by atoms with Crippen LogP contribution in [0.5, 0.6) is 0 Å². The zero-order valence-electron chi connectivity index (χ0n) is 10.6. The summed E-state index contributed by atoms with van der Waals surface area (Å²) in [5.41, 5.74) is 0.655. The summed E-state index contributed by atoms with van der Waals surface area (Å²) in [5, 5.41) is 13.4. The Morgan fingerprint density at radius 1 is 1.33 bits per heavy atom. The van der Waals surface area contributed by atoms with E-state index in [1.165, 1.54) is 6.07 Å². The minimum Gasteiger partial charge on any atom is -0.395 e. The van der Waals surface area contributed by atoms with Gasteiger partial charge in [0, 0.05) is 5.56 Å². The van der Waals surface area contributed by atoms with Crippen LogP contribution in [-0.2, 0) is 0 Å². The molecule has 7 heteroatoms. The molecule has 0 spiro atoms. The second-order valence-electron chi connectivity index (χ2n) is 3.86. The number of carbonyl (C=O) groups excluding carboxylic acids is 1. The maximum Gasteiger partial charge on any atom is 0.433 e. The van der Waals surface area contributed by atoms with Gasteiger partial charge < -0.3 is 9.73 Å². The van der Waals surface area contributed by atoms with Crippen molar-refractivity contribution < 1.29 is 14.1 Å². The van der Waals surface area contributed by atoms with Gasteiger partial charge in [0.15, 0.2) is 5.76 Å². The molecule has 1 N–H and O–H groups in total. The van der Waals surface area contributed by atoms with Gasteiger partial charge in [0.05, 0.1) is 17.6 Å². The van der Waals surface area contributed by atoms with Crippen LogP contribution >= 0.6 is 11.6 Å². The molecule has 0 radical (unpaired) electrons. The summed E-state index contributed by atoms with van der Waals surface area (Å²) in [6.07, 6.45) is 0. The van der Waals surface area contributed by atoms with Crippen molar-refractivity contribution in [2.75, 3.05) is 6.54 Å². The van der Waals surface area contributed by atoms with Crippen molar-refractivity contribution in [2.24, 2.45) is 0 Å². The first-order chi connectivity index (χ1) is 10.1. The number of carbonyl (C=O) groups is 1. The van der Waals surface area contributed by atoms with Crippen LogP contribution in [0.3, 0.4) is 0 Å². The number of hydrogen-bond donors (Lipinski definition) is 1. The van der Waals surface area contributed by atoms with E-state index < -0.39 is 16.7 Å². The van der Waals surface area contributed by atoms with Crippen LogP contribution in [0.15, 0.2) is 40.8 Å². The molecule has 0 bridgehead atoms. The van der Waals surface area contributed by atoms with Crippen LogP contribution in [0.25, 0.3) is 0 Å². The highest BCUT2D eigenvalue weighted by atomic mass is 35.5. The largest absolute Gasteiger partial charge is 0.433 e. The number of rotatable bonds is 3. The molecular formula is C14H9ClN2O4. The van der Waals surface area contributed by atoms with E-state index in [-0.39, 0.29) is 12.3 Å². The molecule has 0 unspecified atom stereocenters. The average Bonchev–Trinajstić information content (AvgIpc) is 2.95. The molecule has 1 amide bonds. The summed E-state index contributed by atoms with van der Waals surface area (Å²) in [5.74, 6) is 4.34. The number of furan rings is 1. The Hall–Kier alpha value is -2.78. The van der Waals surface area contributed by atoms with Gasteiger partial charge in [-0.05, 0) is 18.2 Å². The number of amides is 1. The van der Waals surface area contributed by atoms with Gasteiger partial charge in [-0.3, -0.25) is 14.9 Å². The minimum absolute atomic E-state index is 0.0680. The van der Waals surface area contributed by atoms with Crippen LogP contribution in [0.2, 0.25) is 5.02 Å². The van der Waals surface area contributed by atoms with E-state index >= 15 is 0 Å². The van der Waals surface area contributed by atoms with Crippen LogP contribution < -0.4 is 5.32 Å². The Morgan fingerprint density at radius 2 is 2.10 bits per heavy atom. The zero-order valence-corrected chi connectivity index (χ0v) is 11.4. The molecule has 2 aromatic rings. The lowest BCUT2D eigenvalue weighted by Gasteiger charge is -1.96. The van der Waals surface area contributed by atoms with Crippen molar-refractivity contribution >= 4 is 23.4 Å². The lowest BCUT2D eigenvalue weighted by Crippen LogP contribution is -2.23. The maximum absolute atomic E-state index is 11.6. The van der Waals surface area contributed by atoms with Crippen molar-refractivity contribution in [3.05, 3.63) is 62.9 Å². The van der Waals surface area contributed by atoms with Gasteiger partial charge >= 0.3 is 5.88 Å². The van der Waals surface area contributed by atoms with E-state index in [9.17, 15) is 14.9 Å². The quantitative estimate of drug-likeness (QED) is 0.536. The van der Waals surface area contributed by atoms with Gasteiger partial charge in [-0.2, -0.15) is 0 Å². The first kappa shape index (κ1) is 14.6. The lowest BCUT2D eigenvalue weighted by molar-refractivity contribution is -0.402. The zero-order chi connectivity index (χ0) is 15.2. The number of hydrogen-bond acceptors (Lipinski definition) is 4. The van der Waals surface area contributed by atoms with Gasteiger partial charge in [0.1, 0.15) is 4.92 Å². The van der Waals surface area contributed by atoms with Crippen LogP contribution in [0, 0.1) is 22.0 Å². The van der Waals surface area contributed by atoms with Gasteiger partial charge in [0.2, 0.25) is 0 Å². The molecule has 0 atom stereocenters. The molecule has 21 heavy (non-hydrogen) atoms. The van der Waals surface area contributed by atoms with Crippen LogP contribution in [0.1, 0.15) is 16.1 Å². The van der Waals surface area contributed by atoms with E-state index in [1.54, 1.807) is 24.3 Å². The standard InChI is InChI=1S/C14H9ClN2O4/c15-11-6-2-1-4-10(11)5-3-9-16-14(18)12-7-8-13(21-12)17(19)20/h1-2,4,6-8H,9H2,(H,16,18). The molecule has 1 heterocycles. The average molecular weight is 305 g/mol. The highest BCUT2D eigenvalue weighted by molar-refractivity contribution is 6.31. The van der Waals surface area contributed by atoms with Gasteiger partial charge in [-0.1, -0.05) is 35.6 Å². The Bertz CT molecular complexity index is 743. The fourth-order valence-corrected chi connectivity index (χ4v) is 1.64. The second-order valence-corrected chi connectivity index (χ2v) is 4.27. The predicted molar refractivity (Wildman–Crippen MR) is 76.0 cm³/mol. The Balaban J connectivity index is 1.93. The summed E-state index contributed by atoms with van der Waals surface area (Å²) in [4.78, 5) is 21.4. The molecule has 6 nitrogen and oxygen atoms in total. The topological polar surface area (TPSA) is 85.4 Å². The fraction of sp³-hybridized carbons (Fsp3) is 0.0714. The van der Waals surface area contributed by atoms with E-state index in [2.05, 4.69) is 17.2 Å². The van der Waals surface area contributed by atoms with Gasteiger partial charge in [0.25, 0.3) is 5.91 Å². The molecule has 106 valence electrons. The number of nitro groups is 1. The number of nitrogens with one attached hydrogen (secondary N) is 1. The number of benzene rings is 1. The lowest BCUT2D eigenvalue weighted by atomic mass is 10.2. The molecule has 0 aliphatic rings. The first-order valence-corrected chi connectivity index (χ1v) is 6.21. The first-order valence-electron chi connectivity index (χ1n) is 5.84. The SMILES string of the molecule is O=C(NCC#Cc1ccccc1Cl)c1ccc([N+](=O)[O-])o1. The van der Waals surface area contributed by atoms with E-state index in [1.807, 2.05) is 0 Å². The van der Waals surface area contributed by atoms with Crippen LogP contribution in [-0.4, -0.2) is 17.4 Å². The minimum atomic E-state index is -0.714. The third-order valence-corrected chi connectivity index (χ3v) is 2.76. The molecule has 0 fully saturated rings. The fourth-order valence-electron chi connectivity index (χ4n) is 1.46. The smallest absolute Gasteiger partial charge is 0.395 e. The molecule has 0 aliphatic heterocycles. The van der Waals surface area contributed by atoms with Crippen molar-refractivity contribution in [3.8, 4) is 11.8 Å². The summed E-state index contributed by atoms with van der Waals surface area (Å²) < 4.78 is 4.76. The molecular weight excluding hydrogens is 296 g/mol. The molecule has 0 saturated heterocycles. The van der Waals surface area contributed by atoms with Crippen molar-refractivity contribution in [1.82, 2.24) is 5.32 Å². The number of halogens is 1. The Kier molecular flexibility index (Phi) is 4.59. The van der Waals surface area contributed by atoms with Crippen molar-refractivity contribution in [2.45, 2.75) is 0 Å². The summed E-state index contributed by atoms with van der Waals surface area (Å²) in [6, 6.07) is 9.41. The monoisotopic (exact) mass is 304 g/mol. The van der Waals surface area contributed by atoms with Gasteiger partial charge in [-0.15, -0.1) is 0 Å². The maximum atomic E-state index is 11.6. The van der Waals surface area contributed by atoms with Crippen LogP contribution in [0.4, 0.5) is 5.88 Å². The third kappa shape index (κ3) is 3.84.